The number of ether oxygens (including phenoxy) is 1. The first-order valence-corrected chi connectivity index (χ1v) is 8.41. The lowest BCUT2D eigenvalue weighted by Gasteiger charge is -2.09. The van der Waals surface area contributed by atoms with Gasteiger partial charge in [0.05, 0.1) is 5.56 Å². The Morgan fingerprint density at radius 2 is 1.75 bits per heavy atom. The van der Waals surface area contributed by atoms with E-state index in [9.17, 15) is 22.8 Å². The number of hydrogen-bond acceptors (Lipinski definition) is 4. The Morgan fingerprint density at radius 1 is 1.04 bits per heavy atom. The van der Waals surface area contributed by atoms with E-state index in [0.29, 0.717) is 23.3 Å². The number of alkyl halides is 3. The van der Waals surface area contributed by atoms with Crippen LogP contribution in [0.15, 0.2) is 63.8 Å². The fourth-order valence-electron chi connectivity index (χ4n) is 2.54. The normalized spacial score (nSPS) is 11.4. The van der Waals surface area contributed by atoms with Crippen molar-refractivity contribution < 1.29 is 27.1 Å². The van der Waals surface area contributed by atoms with E-state index in [1.165, 1.54) is 24.3 Å². The van der Waals surface area contributed by atoms with Crippen molar-refractivity contribution in [3.63, 3.8) is 0 Å². The van der Waals surface area contributed by atoms with Crippen molar-refractivity contribution in [1.82, 2.24) is 5.32 Å². The van der Waals surface area contributed by atoms with Gasteiger partial charge in [0.15, 0.2) is 6.61 Å². The molecule has 0 aliphatic rings. The quantitative estimate of drug-likeness (QED) is 0.653. The van der Waals surface area contributed by atoms with Crippen LogP contribution in [0.25, 0.3) is 11.0 Å². The molecule has 0 aliphatic heterocycles. The largest absolute Gasteiger partial charge is 0.484 e. The van der Waals surface area contributed by atoms with Gasteiger partial charge in [-0.3, -0.25) is 4.79 Å². The van der Waals surface area contributed by atoms with E-state index in [-0.39, 0.29) is 19.1 Å². The monoisotopic (exact) mass is 391 g/mol. The molecule has 3 aromatic rings. The second-order valence-electron chi connectivity index (χ2n) is 6.04. The van der Waals surface area contributed by atoms with Gasteiger partial charge in [0.25, 0.3) is 5.91 Å². The Bertz CT molecular complexity index is 1030. The summed E-state index contributed by atoms with van der Waals surface area (Å²) in [7, 11) is 0. The summed E-state index contributed by atoms with van der Waals surface area (Å²) in [6.07, 6.45) is -3.97. The molecule has 146 valence electrons. The van der Waals surface area contributed by atoms with Crippen LogP contribution in [0.4, 0.5) is 13.2 Å². The molecular weight excluding hydrogens is 375 g/mol. The van der Waals surface area contributed by atoms with Crippen LogP contribution in [0, 0.1) is 0 Å². The first-order chi connectivity index (χ1) is 13.3. The number of rotatable bonds is 6. The van der Waals surface area contributed by atoms with E-state index in [1.807, 2.05) is 0 Å². The van der Waals surface area contributed by atoms with Gasteiger partial charge in [0, 0.05) is 24.1 Å². The Labute approximate surface area is 157 Å². The molecule has 1 amide bonds. The minimum atomic E-state index is -4.37. The van der Waals surface area contributed by atoms with Crippen molar-refractivity contribution in [3.8, 4) is 5.75 Å². The van der Waals surface area contributed by atoms with Crippen molar-refractivity contribution in [2.24, 2.45) is 0 Å². The maximum atomic E-state index is 12.5. The second-order valence-corrected chi connectivity index (χ2v) is 6.04. The third-order valence-electron chi connectivity index (χ3n) is 3.98. The lowest BCUT2D eigenvalue weighted by molar-refractivity contribution is -0.137. The molecule has 0 aliphatic carbocycles. The third kappa shape index (κ3) is 5.12. The van der Waals surface area contributed by atoms with E-state index >= 15 is 0 Å². The van der Waals surface area contributed by atoms with Gasteiger partial charge >= 0.3 is 11.8 Å². The average Bonchev–Trinajstić information content (AvgIpc) is 2.65. The molecule has 2 aromatic carbocycles. The summed E-state index contributed by atoms with van der Waals surface area (Å²) in [5.41, 5.74) is -0.156. The fourth-order valence-corrected chi connectivity index (χ4v) is 2.54. The van der Waals surface area contributed by atoms with Crippen LogP contribution in [0.2, 0.25) is 0 Å². The maximum Gasteiger partial charge on any atom is 0.416 e. The van der Waals surface area contributed by atoms with Crippen molar-refractivity contribution in [3.05, 3.63) is 76.1 Å². The van der Waals surface area contributed by atoms with Crippen molar-refractivity contribution in [2.75, 3.05) is 13.2 Å². The van der Waals surface area contributed by atoms with Crippen LogP contribution in [-0.4, -0.2) is 19.1 Å². The number of halogens is 3. The maximum absolute atomic E-state index is 12.5. The van der Waals surface area contributed by atoms with Crippen molar-refractivity contribution in [2.45, 2.75) is 12.6 Å². The van der Waals surface area contributed by atoms with Crippen LogP contribution < -0.4 is 15.7 Å². The van der Waals surface area contributed by atoms with Gasteiger partial charge in [-0.25, -0.2) is 4.79 Å². The SMILES string of the molecule is O=C(COc1ccc2ccc(=O)oc2c1)NCCc1ccc(C(F)(F)F)cc1. The lowest BCUT2D eigenvalue weighted by Crippen LogP contribution is -2.30. The Balaban J connectivity index is 1.46. The van der Waals surface area contributed by atoms with Crippen LogP contribution in [0.5, 0.6) is 5.75 Å². The number of nitrogens with one attached hydrogen (secondary N) is 1. The van der Waals surface area contributed by atoms with Gasteiger partial charge in [-0.05, 0) is 42.3 Å². The van der Waals surface area contributed by atoms with E-state index in [4.69, 9.17) is 9.15 Å². The Kier molecular flexibility index (Phi) is 5.67. The summed E-state index contributed by atoms with van der Waals surface area (Å²) >= 11 is 0. The van der Waals surface area contributed by atoms with E-state index in [0.717, 1.165) is 17.5 Å². The van der Waals surface area contributed by atoms with E-state index < -0.39 is 17.4 Å². The van der Waals surface area contributed by atoms with Gasteiger partial charge in [0.2, 0.25) is 0 Å². The molecule has 5 nitrogen and oxygen atoms in total. The second kappa shape index (κ2) is 8.16. The molecule has 1 aromatic heterocycles. The van der Waals surface area contributed by atoms with E-state index in [2.05, 4.69) is 5.32 Å². The predicted molar refractivity (Wildman–Crippen MR) is 96.1 cm³/mol. The molecule has 0 fully saturated rings. The van der Waals surface area contributed by atoms with Crippen LogP contribution >= 0.6 is 0 Å². The molecule has 0 spiro atoms. The molecule has 0 unspecified atom stereocenters. The highest BCUT2D eigenvalue weighted by Gasteiger charge is 2.29. The van der Waals surface area contributed by atoms with Crippen molar-refractivity contribution >= 4 is 16.9 Å². The minimum Gasteiger partial charge on any atom is -0.484 e. The summed E-state index contributed by atoms with van der Waals surface area (Å²) < 4.78 is 48.0. The summed E-state index contributed by atoms with van der Waals surface area (Å²) in [6, 6.07) is 12.6. The first kappa shape index (κ1) is 19.5. The molecule has 0 saturated heterocycles. The summed E-state index contributed by atoms with van der Waals surface area (Å²) in [5.74, 6) is 0.00117. The third-order valence-corrected chi connectivity index (χ3v) is 3.98. The molecule has 3 rings (SSSR count). The van der Waals surface area contributed by atoms with Gasteiger partial charge in [-0.1, -0.05) is 12.1 Å². The van der Waals surface area contributed by atoms with Crippen LogP contribution in [0.1, 0.15) is 11.1 Å². The average molecular weight is 391 g/mol. The number of carbonyl (C=O) groups is 1. The molecule has 0 radical (unpaired) electrons. The molecular formula is C20H16F3NO4. The predicted octanol–water partition coefficient (Wildman–Crippen LogP) is 3.55. The zero-order valence-corrected chi connectivity index (χ0v) is 14.6. The standard InChI is InChI=1S/C20H16F3NO4/c21-20(22,23)15-5-1-13(2-6-15)9-10-24-18(25)12-27-16-7-3-14-4-8-19(26)28-17(14)11-16/h1-8,11H,9-10,12H2,(H,24,25). The number of carbonyl (C=O) groups excluding carboxylic acids is 1. The highest BCUT2D eigenvalue weighted by molar-refractivity contribution is 5.79. The van der Waals surface area contributed by atoms with Crippen molar-refractivity contribution in [1.29, 1.82) is 0 Å². The molecule has 1 heterocycles. The Hall–Kier alpha value is -3.29. The minimum absolute atomic E-state index is 0.240. The Morgan fingerprint density at radius 3 is 2.46 bits per heavy atom. The highest BCUT2D eigenvalue weighted by Crippen LogP contribution is 2.29. The summed E-state index contributed by atoms with van der Waals surface area (Å²) in [6.45, 7) is 0.0235. The molecule has 0 atom stereocenters. The summed E-state index contributed by atoms with van der Waals surface area (Å²) in [5, 5.41) is 3.36. The molecule has 28 heavy (non-hydrogen) atoms. The zero-order chi connectivity index (χ0) is 20.1. The van der Waals surface area contributed by atoms with Gasteiger partial charge in [-0.2, -0.15) is 13.2 Å². The van der Waals surface area contributed by atoms with Gasteiger partial charge in [-0.15, -0.1) is 0 Å². The fraction of sp³-hybridized carbons (Fsp3) is 0.200. The lowest BCUT2D eigenvalue weighted by atomic mass is 10.1. The zero-order valence-electron chi connectivity index (χ0n) is 14.6. The number of benzene rings is 2. The highest BCUT2D eigenvalue weighted by atomic mass is 19.4. The molecule has 8 heteroatoms. The van der Waals surface area contributed by atoms with Gasteiger partial charge < -0.3 is 14.5 Å². The van der Waals surface area contributed by atoms with Crippen LogP contribution in [-0.2, 0) is 17.4 Å². The topological polar surface area (TPSA) is 68.5 Å². The molecule has 1 N–H and O–H groups in total. The van der Waals surface area contributed by atoms with Gasteiger partial charge in [0.1, 0.15) is 11.3 Å². The summed E-state index contributed by atoms with van der Waals surface area (Å²) in [4.78, 5) is 23.1. The number of fused-ring (bicyclic) bond motifs is 1. The number of amides is 1. The van der Waals surface area contributed by atoms with Crippen LogP contribution in [0.3, 0.4) is 0 Å². The first-order valence-electron chi connectivity index (χ1n) is 8.41. The number of hydrogen-bond donors (Lipinski definition) is 1. The smallest absolute Gasteiger partial charge is 0.416 e. The molecule has 0 bridgehead atoms. The van der Waals surface area contributed by atoms with E-state index in [1.54, 1.807) is 18.2 Å². The molecule has 0 saturated carbocycles.